The second kappa shape index (κ2) is 16.6. The second-order valence-corrected chi connectivity index (χ2v) is 12.2. The SMILES string of the molecule is CCCCn1c(=O)c(NC(=O)Nc2c(C(C)C)cc(CN(CC)CC)cc2C(C)C)c(-c2cccc(OC)c2)c2cccnc21.Cl. The number of methoxy groups -OCH3 is 1. The van der Waals surface area contributed by atoms with Crippen LogP contribution in [0.4, 0.5) is 16.2 Å². The van der Waals surface area contributed by atoms with Crippen molar-refractivity contribution in [3.63, 3.8) is 0 Å². The van der Waals surface area contributed by atoms with E-state index in [1.807, 2.05) is 36.4 Å². The van der Waals surface area contributed by atoms with Gasteiger partial charge in [-0.15, -0.1) is 12.4 Å². The summed E-state index contributed by atoms with van der Waals surface area (Å²) in [5.41, 5.74) is 6.09. The summed E-state index contributed by atoms with van der Waals surface area (Å²) in [4.78, 5) is 35.2. The van der Waals surface area contributed by atoms with Crippen LogP contribution in [0.15, 0.2) is 59.5 Å². The third-order valence-corrected chi connectivity index (χ3v) is 8.40. The fourth-order valence-electron chi connectivity index (χ4n) is 5.86. The van der Waals surface area contributed by atoms with Crippen LogP contribution in [0.5, 0.6) is 5.75 Å². The van der Waals surface area contributed by atoms with E-state index in [-0.39, 0.29) is 35.5 Å². The van der Waals surface area contributed by atoms with Crippen molar-refractivity contribution in [3.8, 4) is 16.9 Å². The van der Waals surface area contributed by atoms with Crippen LogP contribution in [0.2, 0.25) is 0 Å². The molecule has 0 aliphatic carbocycles. The zero-order valence-electron chi connectivity index (χ0n) is 28.6. The molecule has 0 bridgehead atoms. The highest BCUT2D eigenvalue weighted by molar-refractivity contribution is 6.08. The molecule has 2 heterocycles. The molecule has 0 atom stereocenters. The molecule has 46 heavy (non-hydrogen) atoms. The minimum atomic E-state index is -0.457. The monoisotopic (exact) mass is 647 g/mol. The lowest BCUT2D eigenvalue weighted by Gasteiger charge is -2.25. The quantitative estimate of drug-likeness (QED) is 0.151. The van der Waals surface area contributed by atoms with Gasteiger partial charge in [-0.1, -0.05) is 79.2 Å². The van der Waals surface area contributed by atoms with Crippen LogP contribution >= 0.6 is 12.4 Å². The number of fused-ring (bicyclic) bond motifs is 1. The standard InChI is InChI=1S/C37H49N5O3.ClH/c1-9-12-19-42-35-29(17-14-18-38-35)32(27-15-13-16-28(22-27)45-8)34(36(42)43)40-37(44)39-33-30(24(4)5)20-26(21-31(33)25(6)7)23-41(10-2)11-3;/h13-18,20-22,24-25H,9-12,19,23H2,1-8H3,(H2,39,40,44);1H. The maximum Gasteiger partial charge on any atom is 0.323 e. The molecule has 0 unspecified atom stereocenters. The molecule has 4 rings (SSSR count). The van der Waals surface area contributed by atoms with Crippen LogP contribution in [0.25, 0.3) is 22.2 Å². The van der Waals surface area contributed by atoms with Gasteiger partial charge in [-0.2, -0.15) is 0 Å². The number of nitrogens with zero attached hydrogens (tertiary/aromatic N) is 3. The maximum absolute atomic E-state index is 14.2. The van der Waals surface area contributed by atoms with Crippen LogP contribution in [0.3, 0.4) is 0 Å². The third kappa shape index (κ3) is 8.09. The van der Waals surface area contributed by atoms with Gasteiger partial charge in [0.1, 0.15) is 17.1 Å². The van der Waals surface area contributed by atoms with Crippen molar-refractivity contribution in [2.45, 2.75) is 86.2 Å². The zero-order valence-corrected chi connectivity index (χ0v) is 29.4. The second-order valence-electron chi connectivity index (χ2n) is 12.2. The van der Waals surface area contributed by atoms with E-state index in [1.165, 1.54) is 5.56 Å². The summed E-state index contributed by atoms with van der Waals surface area (Å²) in [7, 11) is 1.61. The van der Waals surface area contributed by atoms with Gasteiger partial charge in [0.15, 0.2) is 0 Å². The van der Waals surface area contributed by atoms with E-state index in [0.29, 0.717) is 23.5 Å². The number of unbranched alkanes of at least 4 members (excludes halogenated alkanes) is 1. The van der Waals surface area contributed by atoms with Crippen molar-refractivity contribution in [1.29, 1.82) is 0 Å². The highest BCUT2D eigenvalue weighted by atomic mass is 35.5. The summed E-state index contributed by atoms with van der Waals surface area (Å²) in [6.45, 7) is 18.3. The van der Waals surface area contributed by atoms with E-state index in [1.54, 1.807) is 17.9 Å². The predicted molar refractivity (Wildman–Crippen MR) is 194 cm³/mol. The van der Waals surface area contributed by atoms with E-state index in [0.717, 1.165) is 60.2 Å². The summed E-state index contributed by atoms with van der Waals surface area (Å²) in [5.74, 6) is 1.02. The number of amides is 2. The van der Waals surface area contributed by atoms with Crippen LogP contribution in [0, 0.1) is 0 Å². The van der Waals surface area contributed by atoms with Gasteiger partial charge in [-0.05, 0) is 77.9 Å². The lowest BCUT2D eigenvalue weighted by atomic mass is 9.90. The Bertz CT molecular complexity index is 1670. The van der Waals surface area contributed by atoms with Gasteiger partial charge < -0.3 is 15.4 Å². The van der Waals surface area contributed by atoms with Crippen molar-refractivity contribution < 1.29 is 9.53 Å². The number of carbonyl (C=O) groups is 1. The van der Waals surface area contributed by atoms with Crippen LogP contribution in [-0.4, -0.2) is 40.7 Å². The Balaban J connectivity index is 0.00000576. The fourth-order valence-corrected chi connectivity index (χ4v) is 5.86. The van der Waals surface area contributed by atoms with Crippen LogP contribution in [0.1, 0.15) is 89.8 Å². The van der Waals surface area contributed by atoms with Crippen LogP contribution in [-0.2, 0) is 13.1 Å². The van der Waals surface area contributed by atoms with E-state index in [9.17, 15) is 9.59 Å². The smallest absolute Gasteiger partial charge is 0.323 e. The van der Waals surface area contributed by atoms with Crippen molar-refractivity contribution in [2.75, 3.05) is 30.8 Å². The number of pyridine rings is 2. The lowest BCUT2D eigenvalue weighted by molar-refractivity contribution is 0.262. The fraction of sp³-hybridized carbons (Fsp3) is 0.432. The number of hydrogen-bond donors (Lipinski definition) is 2. The molecule has 8 nitrogen and oxygen atoms in total. The molecular formula is C37H50ClN5O3. The van der Waals surface area contributed by atoms with Crippen molar-refractivity contribution in [1.82, 2.24) is 14.5 Å². The van der Waals surface area contributed by atoms with Crippen molar-refractivity contribution >= 4 is 40.8 Å². The molecule has 2 aromatic carbocycles. The Morgan fingerprint density at radius 2 is 1.59 bits per heavy atom. The number of carbonyl (C=O) groups excluding carboxylic acids is 1. The molecule has 0 radical (unpaired) electrons. The number of nitrogens with one attached hydrogen (secondary N) is 2. The number of anilines is 2. The average Bonchev–Trinajstić information content (AvgIpc) is 3.03. The van der Waals surface area contributed by atoms with E-state index < -0.39 is 6.03 Å². The number of rotatable bonds is 13. The summed E-state index contributed by atoms with van der Waals surface area (Å²) in [6.07, 6.45) is 3.43. The molecule has 2 aromatic heterocycles. The van der Waals surface area contributed by atoms with Crippen molar-refractivity contribution in [2.24, 2.45) is 0 Å². The van der Waals surface area contributed by atoms with Crippen LogP contribution < -0.4 is 20.9 Å². The van der Waals surface area contributed by atoms with Gasteiger partial charge in [-0.3, -0.25) is 14.3 Å². The topological polar surface area (TPSA) is 88.5 Å². The van der Waals surface area contributed by atoms with Gasteiger partial charge in [-0.25, -0.2) is 9.78 Å². The first-order chi connectivity index (χ1) is 21.6. The lowest BCUT2D eigenvalue weighted by Crippen LogP contribution is -2.30. The Morgan fingerprint density at radius 3 is 2.17 bits per heavy atom. The molecule has 4 aromatic rings. The zero-order chi connectivity index (χ0) is 32.7. The number of hydrogen-bond acceptors (Lipinski definition) is 5. The largest absolute Gasteiger partial charge is 0.497 e. The molecular weight excluding hydrogens is 598 g/mol. The molecule has 0 saturated carbocycles. The molecule has 0 spiro atoms. The average molecular weight is 648 g/mol. The summed E-state index contributed by atoms with van der Waals surface area (Å²) in [5, 5.41) is 6.98. The van der Waals surface area contributed by atoms with Gasteiger partial charge in [0, 0.05) is 35.9 Å². The number of urea groups is 1. The van der Waals surface area contributed by atoms with E-state index >= 15 is 0 Å². The van der Waals surface area contributed by atoms with Gasteiger partial charge >= 0.3 is 6.03 Å². The minimum Gasteiger partial charge on any atom is -0.497 e. The van der Waals surface area contributed by atoms with Gasteiger partial charge in [0.25, 0.3) is 5.56 Å². The van der Waals surface area contributed by atoms with Crippen molar-refractivity contribution in [3.05, 3.63) is 81.8 Å². The minimum absolute atomic E-state index is 0. The number of aromatic nitrogens is 2. The first kappa shape index (κ1) is 36.6. The summed E-state index contributed by atoms with van der Waals surface area (Å²) < 4.78 is 7.19. The number of halogens is 1. The Kier molecular flexibility index (Phi) is 13.2. The molecule has 248 valence electrons. The molecule has 2 N–H and O–H groups in total. The molecule has 0 fully saturated rings. The molecule has 0 aliphatic rings. The first-order valence-corrected chi connectivity index (χ1v) is 16.3. The number of benzene rings is 2. The Labute approximate surface area is 280 Å². The van der Waals surface area contributed by atoms with E-state index in [2.05, 4.69) is 81.1 Å². The summed E-state index contributed by atoms with van der Waals surface area (Å²) in [6, 6.07) is 15.3. The number of aryl methyl sites for hydroxylation is 1. The molecule has 0 saturated heterocycles. The third-order valence-electron chi connectivity index (χ3n) is 8.40. The first-order valence-electron chi connectivity index (χ1n) is 16.3. The molecule has 2 amide bonds. The Morgan fingerprint density at radius 1 is 0.935 bits per heavy atom. The Hall–Kier alpha value is -3.88. The number of ether oxygens (including phenoxy) is 1. The maximum atomic E-state index is 14.2. The summed E-state index contributed by atoms with van der Waals surface area (Å²) >= 11 is 0. The normalized spacial score (nSPS) is 11.3. The predicted octanol–water partition coefficient (Wildman–Crippen LogP) is 9.03. The highest BCUT2D eigenvalue weighted by Crippen LogP contribution is 2.37. The van der Waals surface area contributed by atoms with Gasteiger partial charge in [0.05, 0.1) is 7.11 Å². The van der Waals surface area contributed by atoms with Gasteiger partial charge in [0.2, 0.25) is 0 Å². The molecule has 9 heteroatoms. The van der Waals surface area contributed by atoms with E-state index in [4.69, 9.17) is 4.74 Å². The highest BCUT2D eigenvalue weighted by Gasteiger charge is 2.23. The molecule has 0 aliphatic heterocycles.